The van der Waals surface area contributed by atoms with Crippen LogP contribution < -0.4 is 9.47 Å². The van der Waals surface area contributed by atoms with Crippen molar-refractivity contribution >= 4 is 24.2 Å². The minimum atomic E-state index is -0.165. The van der Waals surface area contributed by atoms with Crippen molar-refractivity contribution in [3.05, 3.63) is 53.8 Å². The number of methoxy groups -OCH3 is 2. The van der Waals surface area contributed by atoms with E-state index in [0.29, 0.717) is 5.25 Å². The molecular formula is C21H27ClFNO2S. The molecule has 1 saturated heterocycles. The largest absolute Gasteiger partial charge is 0.493 e. The van der Waals surface area contributed by atoms with Crippen LogP contribution in [0.4, 0.5) is 4.39 Å². The average Bonchev–Trinajstić information content (AvgIpc) is 2.68. The zero-order chi connectivity index (χ0) is 18.4. The van der Waals surface area contributed by atoms with Crippen LogP contribution in [0.3, 0.4) is 0 Å². The smallest absolute Gasteiger partial charge is 0.161 e. The number of ether oxygens (including phenoxy) is 2. The van der Waals surface area contributed by atoms with Crippen LogP contribution in [0.5, 0.6) is 11.5 Å². The van der Waals surface area contributed by atoms with Gasteiger partial charge in [0.2, 0.25) is 0 Å². The van der Waals surface area contributed by atoms with Crippen molar-refractivity contribution in [3.8, 4) is 11.5 Å². The molecule has 0 saturated carbocycles. The van der Waals surface area contributed by atoms with E-state index in [0.717, 1.165) is 37.6 Å². The molecule has 0 bridgehead atoms. The van der Waals surface area contributed by atoms with Crippen LogP contribution >= 0.6 is 24.2 Å². The van der Waals surface area contributed by atoms with Crippen LogP contribution in [0.15, 0.2) is 47.4 Å². The highest BCUT2D eigenvalue weighted by Gasteiger charge is 2.20. The molecule has 6 heteroatoms. The number of likely N-dealkylation sites (tertiary alicyclic amines) is 1. The summed E-state index contributed by atoms with van der Waals surface area (Å²) in [5.74, 6) is 1.39. The maximum Gasteiger partial charge on any atom is 0.161 e. The van der Waals surface area contributed by atoms with Crippen molar-refractivity contribution in [1.82, 2.24) is 4.90 Å². The zero-order valence-corrected chi connectivity index (χ0v) is 17.5. The van der Waals surface area contributed by atoms with Crippen molar-refractivity contribution < 1.29 is 13.9 Å². The lowest BCUT2D eigenvalue weighted by molar-refractivity contribution is 0.235. The van der Waals surface area contributed by atoms with Gasteiger partial charge in [0.1, 0.15) is 5.82 Å². The number of rotatable bonds is 7. The molecule has 3 rings (SSSR count). The Morgan fingerprint density at radius 2 is 1.67 bits per heavy atom. The molecule has 27 heavy (non-hydrogen) atoms. The first kappa shape index (κ1) is 21.9. The van der Waals surface area contributed by atoms with Gasteiger partial charge in [-0.3, -0.25) is 0 Å². The predicted octanol–water partition coefficient (Wildman–Crippen LogP) is 5.06. The van der Waals surface area contributed by atoms with Crippen molar-refractivity contribution in [2.24, 2.45) is 0 Å². The molecule has 148 valence electrons. The van der Waals surface area contributed by atoms with Gasteiger partial charge in [0.15, 0.2) is 11.5 Å². The number of piperidine rings is 1. The number of halogens is 2. The molecule has 1 heterocycles. The van der Waals surface area contributed by atoms with E-state index >= 15 is 0 Å². The number of hydrogen-bond donors (Lipinski definition) is 0. The fourth-order valence-electron chi connectivity index (χ4n) is 3.27. The highest BCUT2D eigenvalue weighted by molar-refractivity contribution is 8.00. The van der Waals surface area contributed by atoms with Crippen molar-refractivity contribution in [2.75, 3.05) is 33.9 Å². The van der Waals surface area contributed by atoms with Crippen LogP contribution in [0.2, 0.25) is 0 Å². The topological polar surface area (TPSA) is 21.7 Å². The third-order valence-electron chi connectivity index (χ3n) is 4.82. The maximum atomic E-state index is 13.0. The quantitative estimate of drug-likeness (QED) is 0.634. The van der Waals surface area contributed by atoms with Gasteiger partial charge >= 0.3 is 0 Å². The Bertz CT molecular complexity index is 706. The van der Waals surface area contributed by atoms with Gasteiger partial charge in [-0.15, -0.1) is 24.2 Å². The van der Waals surface area contributed by atoms with E-state index in [2.05, 4.69) is 17.0 Å². The summed E-state index contributed by atoms with van der Waals surface area (Å²) in [5.41, 5.74) is 1.20. The first-order valence-electron chi connectivity index (χ1n) is 9.03. The molecule has 0 radical (unpaired) electrons. The predicted molar refractivity (Wildman–Crippen MR) is 112 cm³/mol. The van der Waals surface area contributed by atoms with Crippen molar-refractivity contribution in [2.45, 2.75) is 29.4 Å². The molecular weight excluding hydrogens is 385 g/mol. The molecule has 0 spiro atoms. The number of nitrogens with zero attached hydrogens (tertiary/aromatic N) is 1. The van der Waals surface area contributed by atoms with E-state index in [4.69, 9.17) is 9.47 Å². The van der Waals surface area contributed by atoms with E-state index < -0.39 is 0 Å². The van der Waals surface area contributed by atoms with Gasteiger partial charge in [-0.1, -0.05) is 12.1 Å². The van der Waals surface area contributed by atoms with Gasteiger partial charge in [-0.2, -0.15) is 0 Å². The molecule has 0 unspecified atom stereocenters. The summed E-state index contributed by atoms with van der Waals surface area (Å²) in [6.07, 6.45) is 3.35. The summed E-state index contributed by atoms with van der Waals surface area (Å²) in [6.45, 7) is 3.28. The van der Waals surface area contributed by atoms with Crippen molar-refractivity contribution in [1.29, 1.82) is 0 Å². The molecule has 2 aromatic rings. The van der Waals surface area contributed by atoms with E-state index in [1.807, 2.05) is 30.0 Å². The fraction of sp³-hybridized carbons (Fsp3) is 0.429. The van der Waals surface area contributed by atoms with Gasteiger partial charge in [-0.25, -0.2) is 4.39 Å². The summed E-state index contributed by atoms with van der Waals surface area (Å²) in [5, 5.41) is 0.634. The Hall–Kier alpha value is -1.43. The first-order chi connectivity index (χ1) is 12.7. The van der Waals surface area contributed by atoms with Gasteiger partial charge in [0.25, 0.3) is 0 Å². The van der Waals surface area contributed by atoms with Gasteiger partial charge in [0.05, 0.1) is 14.2 Å². The Morgan fingerprint density at radius 1 is 1.00 bits per heavy atom. The second-order valence-electron chi connectivity index (χ2n) is 6.55. The molecule has 0 amide bonds. The first-order valence-corrected chi connectivity index (χ1v) is 9.91. The summed E-state index contributed by atoms with van der Waals surface area (Å²) in [4.78, 5) is 3.74. The molecule has 1 aliphatic heterocycles. The zero-order valence-electron chi connectivity index (χ0n) is 15.8. The fourth-order valence-corrected chi connectivity index (χ4v) is 4.42. The molecule has 0 atom stereocenters. The maximum absolute atomic E-state index is 13.0. The van der Waals surface area contributed by atoms with Gasteiger partial charge in [0, 0.05) is 16.7 Å². The summed E-state index contributed by atoms with van der Waals surface area (Å²) in [6, 6.07) is 13.0. The SMILES string of the molecule is COc1ccc(SC2CCN(CCc3ccc(F)cc3)CC2)cc1OC.Cl. The Kier molecular flexibility index (Phi) is 8.74. The molecule has 0 aliphatic carbocycles. The van der Waals surface area contributed by atoms with Crippen molar-refractivity contribution in [3.63, 3.8) is 0 Å². The highest BCUT2D eigenvalue weighted by atomic mass is 35.5. The lowest BCUT2D eigenvalue weighted by atomic mass is 10.1. The van der Waals surface area contributed by atoms with Gasteiger partial charge < -0.3 is 14.4 Å². The van der Waals surface area contributed by atoms with Crippen LogP contribution in [0.1, 0.15) is 18.4 Å². The summed E-state index contributed by atoms with van der Waals surface area (Å²) in [7, 11) is 3.33. The Labute approximate surface area is 171 Å². The van der Waals surface area contributed by atoms with E-state index in [1.165, 1.54) is 23.3 Å². The lowest BCUT2D eigenvalue weighted by Gasteiger charge is -2.31. The van der Waals surface area contributed by atoms with Crippen LogP contribution in [-0.2, 0) is 6.42 Å². The van der Waals surface area contributed by atoms with E-state index in [1.54, 1.807) is 26.4 Å². The second kappa shape index (κ2) is 10.8. The van der Waals surface area contributed by atoms with Crippen LogP contribution in [-0.4, -0.2) is 44.0 Å². The average molecular weight is 412 g/mol. The van der Waals surface area contributed by atoms with Crippen LogP contribution in [0, 0.1) is 5.82 Å². The minimum Gasteiger partial charge on any atom is -0.493 e. The van der Waals surface area contributed by atoms with E-state index in [9.17, 15) is 4.39 Å². The molecule has 0 N–H and O–H groups in total. The van der Waals surface area contributed by atoms with E-state index in [-0.39, 0.29) is 18.2 Å². The molecule has 2 aromatic carbocycles. The number of benzene rings is 2. The molecule has 0 aromatic heterocycles. The summed E-state index contributed by atoms with van der Waals surface area (Å²) < 4.78 is 23.7. The standard InChI is InChI=1S/C21H26FNO2S.ClH/c1-24-20-8-7-19(15-21(20)25-2)26-18-10-13-23(14-11-18)12-9-16-3-5-17(22)6-4-16;/h3-8,15,18H,9-14H2,1-2H3;1H. The summed E-state index contributed by atoms with van der Waals surface area (Å²) >= 11 is 1.93. The third kappa shape index (κ3) is 6.30. The van der Waals surface area contributed by atoms with Gasteiger partial charge in [-0.05, 0) is 68.2 Å². The van der Waals surface area contributed by atoms with Crippen LogP contribution in [0.25, 0.3) is 0 Å². The molecule has 1 aliphatic rings. The Morgan fingerprint density at radius 3 is 2.30 bits per heavy atom. The number of hydrogen-bond acceptors (Lipinski definition) is 4. The number of thioether (sulfide) groups is 1. The molecule has 3 nitrogen and oxygen atoms in total. The normalized spacial score (nSPS) is 15.2. The monoisotopic (exact) mass is 411 g/mol. The second-order valence-corrected chi connectivity index (χ2v) is 7.93. The molecule has 1 fully saturated rings. The minimum absolute atomic E-state index is 0. The Balaban J connectivity index is 0.00000261. The highest BCUT2D eigenvalue weighted by Crippen LogP contribution is 2.36. The lowest BCUT2D eigenvalue weighted by Crippen LogP contribution is -2.36. The third-order valence-corrected chi connectivity index (χ3v) is 6.15.